The largest absolute Gasteiger partial charge is 0.449 e. The number of carbonyl (C=O) groups excluding carboxylic acids is 4. The minimum atomic E-state index is -1.14. The van der Waals surface area contributed by atoms with Crippen molar-refractivity contribution in [3.05, 3.63) is 65.0 Å². The maximum Gasteiger partial charge on any atom is 0.338 e. The van der Waals surface area contributed by atoms with Crippen LogP contribution >= 0.6 is 0 Å². The Labute approximate surface area is 147 Å². The Morgan fingerprint density at radius 2 is 1.65 bits per heavy atom. The highest BCUT2D eigenvalue weighted by Gasteiger charge is 2.37. The summed E-state index contributed by atoms with van der Waals surface area (Å²) in [6, 6.07) is 8.73. The van der Waals surface area contributed by atoms with Crippen LogP contribution in [0, 0.1) is 5.82 Å². The van der Waals surface area contributed by atoms with Crippen LogP contribution in [-0.2, 0) is 9.53 Å². The van der Waals surface area contributed by atoms with Crippen molar-refractivity contribution in [2.24, 2.45) is 5.73 Å². The van der Waals surface area contributed by atoms with E-state index in [2.05, 4.69) is 0 Å². The fourth-order valence-corrected chi connectivity index (χ4v) is 2.48. The van der Waals surface area contributed by atoms with Gasteiger partial charge in [0.25, 0.3) is 17.7 Å². The van der Waals surface area contributed by atoms with Crippen molar-refractivity contribution in [3.63, 3.8) is 0 Å². The van der Waals surface area contributed by atoms with Crippen LogP contribution in [0.25, 0.3) is 0 Å². The van der Waals surface area contributed by atoms with Crippen molar-refractivity contribution >= 4 is 29.4 Å². The number of ether oxygens (including phenoxy) is 1. The fraction of sp³-hybridized carbons (Fsp3) is 0.111. The molecule has 7 nitrogen and oxygen atoms in total. The molecule has 132 valence electrons. The molecule has 0 aromatic heterocycles. The number of halogens is 1. The molecule has 26 heavy (non-hydrogen) atoms. The van der Waals surface area contributed by atoms with Crippen LogP contribution in [0.15, 0.2) is 42.5 Å². The van der Waals surface area contributed by atoms with E-state index in [1.54, 1.807) is 0 Å². The molecule has 1 aliphatic heterocycles. The van der Waals surface area contributed by atoms with Gasteiger partial charge in [-0.1, -0.05) is 0 Å². The van der Waals surface area contributed by atoms with Gasteiger partial charge in [0.05, 0.1) is 22.4 Å². The molecular weight excluding hydrogens is 343 g/mol. The van der Waals surface area contributed by atoms with Gasteiger partial charge in [-0.15, -0.1) is 0 Å². The Hall–Kier alpha value is -3.55. The number of nitrogens with two attached hydrogens (primary N) is 1. The molecule has 2 aromatic rings. The van der Waals surface area contributed by atoms with Crippen LogP contribution in [0.1, 0.15) is 38.0 Å². The van der Waals surface area contributed by atoms with Gasteiger partial charge in [0, 0.05) is 0 Å². The molecule has 0 radical (unpaired) electrons. The van der Waals surface area contributed by atoms with Gasteiger partial charge in [0.1, 0.15) is 5.82 Å². The summed E-state index contributed by atoms with van der Waals surface area (Å²) in [5.41, 5.74) is 5.37. The van der Waals surface area contributed by atoms with E-state index >= 15 is 0 Å². The molecule has 2 aromatic carbocycles. The van der Waals surface area contributed by atoms with E-state index in [0.717, 1.165) is 17.0 Å². The molecule has 1 atom stereocenters. The average molecular weight is 356 g/mol. The minimum absolute atomic E-state index is 0.000967. The molecule has 3 amide bonds. The summed E-state index contributed by atoms with van der Waals surface area (Å²) in [6.07, 6.45) is -1.14. The second-order valence-corrected chi connectivity index (χ2v) is 5.63. The Bertz CT molecular complexity index is 939. The lowest BCUT2D eigenvalue weighted by Crippen LogP contribution is -2.30. The predicted octanol–water partition coefficient (Wildman–Crippen LogP) is 1.66. The molecule has 0 saturated carbocycles. The average Bonchev–Trinajstić information content (AvgIpc) is 2.86. The molecule has 8 heteroatoms. The second kappa shape index (κ2) is 6.40. The molecule has 0 saturated heterocycles. The molecule has 0 spiro atoms. The van der Waals surface area contributed by atoms with Gasteiger partial charge < -0.3 is 10.5 Å². The van der Waals surface area contributed by atoms with E-state index in [4.69, 9.17) is 10.5 Å². The van der Waals surface area contributed by atoms with Gasteiger partial charge in [-0.2, -0.15) is 0 Å². The number of primary amides is 1. The first-order chi connectivity index (χ1) is 12.3. The summed E-state index contributed by atoms with van der Waals surface area (Å²) in [7, 11) is 0. The van der Waals surface area contributed by atoms with Gasteiger partial charge >= 0.3 is 5.97 Å². The van der Waals surface area contributed by atoms with Crippen molar-refractivity contribution in [1.29, 1.82) is 0 Å². The normalized spacial score (nSPS) is 14.2. The van der Waals surface area contributed by atoms with Crippen LogP contribution in [0.3, 0.4) is 0 Å². The lowest BCUT2D eigenvalue weighted by molar-refractivity contribution is -0.125. The number of amides is 3. The third-order valence-corrected chi connectivity index (χ3v) is 3.89. The Balaban J connectivity index is 1.91. The van der Waals surface area contributed by atoms with Crippen molar-refractivity contribution in [2.45, 2.75) is 13.0 Å². The summed E-state index contributed by atoms with van der Waals surface area (Å²) in [5, 5.41) is 0. The maximum atomic E-state index is 13.1. The highest BCUT2D eigenvalue weighted by molar-refractivity contribution is 6.34. The third-order valence-electron chi connectivity index (χ3n) is 3.89. The molecule has 0 fully saturated rings. The van der Waals surface area contributed by atoms with Crippen LogP contribution < -0.4 is 10.6 Å². The fourth-order valence-electron chi connectivity index (χ4n) is 2.48. The molecule has 1 aliphatic rings. The zero-order valence-electron chi connectivity index (χ0n) is 13.6. The number of nitrogens with zero attached hydrogens (tertiary/aromatic N) is 1. The highest BCUT2D eigenvalue weighted by Crippen LogP contribution is 2.29. The maximum absolute atomic E-state index is 13.1. The monoisotopic (exact) mass is 356 g/mol. The van der Waals surface area contributed by atoms with Gasteiger partial charge in [0.2, 0.25) is 0 Å². The van der Waals surface area contributed by atoms with E-state index in [1.165, 1.54) is 37.3 Å². The number of carbonyl (C=O) groups is 4. The smallest absolute Gasteiger partial charge is 0.338 e. The summed E-state index contributed by atoms with van der Waals surface area (Å²) in [5.74, 6) is -3.39. The molecule has 2 N–H and O–H groups in total. The summed E-state index contributed by atoms with van der Waals surface area (Å²) in [6.45, 7) is 1.32. The summed E-state index contributed by atoms with van der Waals surface area (Å²) >= 11 is 0. The van der Waals surface area contributed by atoms with Crippen molar-refractivity contribution in [1.82, 2.24) is 0 Å². The Morgan fingerprint density at radius 3 is 2.27 bits per heavy atom. The topological polar surface area (TPSA) is 107 Å². The van der Waals surface area contributed by atoms with Crippen LogP contribution in [0.2, 0.25) is 0 Å². The first kappa shape index (κ1) is 17.3. The number of benzene rings is 2. The summed E-state index contributed by atoms with van der Waals surface area (Å²) in [4.78, 5) is 49.0. The third kappa shape index (κ3) is 2.92. The number of rotatable bonds is 4. The minimum Gasteiger partial charge on any atom is -0.449 e. The molecule has 0 unspecified atom stereocenters. The quantitative estimate of drug-likeness (QED) is 0.662. The van der Waals surface area contributed by atoms with Crippen molar-refractivity contribution in [2.75, 3.05) is 4.90 Å². The lowest BCUT2D eigenvalue weighted by atomic mass is 10.1. The standard InChI is InChI=1S/C18H13FN2O5/c1-9(15(20)22)26-18(25)10-2-7-13-14(8-10)17(24)21(16(13)23)12-5-3-11(19)4-6-12/h2-9H,1H3,(H2,20,22)/t9-/m0/s1. The molecular formula is C18H13FN2O5. The van der Waals surface area contributed by atoms with Gasteiger partial charge in [-0.3, -0.25) is 14.4 Å². The van der Waals surface area contributed by atoms with Crippen LogP contribution in [0.5, 0.6) is 0 Å². The number of anilines is 1. The first-order valence-corrected chi connectivity index (χ1v) is 7.58. The SMILES string of the molecule is C[C@H](OC(=O)c1ccc2c(c1)C(=O)N(c1ccc(F)cc1)C2=O)C(N)=O. The predicted molar refractivity (Wildman–Crippen MR) is 88.1 cm³/mol. The van der Waals surface area contributed by atoms with Crippen molar-refractivity contribution < 1.29 is 28.3 Å². The van der Waals surface area contributed by atoms with E-state index in [-0.39, 0.29) is 22.4 Å². The van der Waals surface area contributed by atoms with Gasteiger partial charge in [0.15, 0.2) is 6.10 Å². The van der Waals surface area contributed by atoms with E-state index in [9.17, 15) is 23.6 Å². The van der Waals surface area contributed by atoms with Crippen LogP contribution in [-0.4, -0.2) is 29.8 Å². The molecule has 0 bridgehead atoms. The number of fused-ring (bicyclic) bond motifs is 1. The zero-order valence-corrected chi connectivity index (χ0v) is 13.6. The Morgan fingerprint density at radius 1 is 1.04 bits per heavy atom. The van der Waals surface area contributed by atoms with Crippen molar-refractivity contribution in [3.8, 4) is 0 Å². The van der Waals surface area contributed by atoms with Crippen LogP contribution in [0.4, 0.5) is 10.1 Å². The molecule has 0 aliphatic carbocycles. The lowest BCUT2D eigenvalue weighted by Gasteiger charge is -2.13. The summed E-state index contributed by atoms with van der Waals surface area (Å²) < 4.78 is 17.9. The zero-order chi connectivity index (χ0) is 19.0. The number of hydrogen-bond donors (Lipinski definition) is 1. The Kier molecular flexibility index (Phi) is 4.25. The molecule has 3 rings (SSSR count). The van der Waals surface area contributed by atoms with Gasteiger partial charge in [-0.05, 0) is 49.4 Å². The number of imide groups is 1. The van der Waals surface area contributed by atoms with E-state index in [0.29, 0.717) is 0 Å². The van der Waals surface area contributed by atoms with E-state index in [1.807, 2.05) is 0 Å². The van der Waals surface area contributed by atoms with Gasteiger partial charge in [-0.25, -0.2) is 14.1 Å². The first-order valence-electron chi connectivity index (χ1n) is 7.58. The second-order valence-electron chi connectivity index (χ2n) is 5.63. The number of hydrogen-bond acceptors (Lipinski definition) is 5. The molecule has 1 heterocycles. The number of esters is 1. The highest BCUT2D eigenvalue weighted by atomic mass is 19.1. The van der Waals surface area contributed by atoms with E-state index < -0.39 is 35.6 Å².